The van der Waals surface area contributed by atoms with E-state index in [1.165, 1.54) is 6.08 Å². The van der Waals surface area contributed by atoms with Gasteiger partial charge >= 0.3 is 0 Å². The Labute approximate surface area is 141 Å². The number of H-pyrrole nitrogens is 2. The van der Waals surface area contributed by atoms with Gasteiger partial charge in [0.25, 0.3) is 11.8 Å². The third kappa shape index (κ3) is 1.94. The van der Waals surface area contributed by atoms with Crippen molar-refractivity contribution in [1.82, 2.24) is 20.5 Å². The second kappa shape index (κ2) is 4.91. The lowest BCUT2D eigenvalue weighted by Gasteiger charge is -2.07. The molecule has 5 rings (SSSR count). The van der Waals surface area contributed by atoms with Crippen molar-refractivity contribution in [1.29, 1.82) is 0 Å². The SMILES string of the molecule is O=C1C=C(c2cccc3[nH]cc(-c4cccc5cn[nH]c45)c23)C(=O)N1. The van der Waals surface area contributed by atoms with E-state index in [2.05, 4.69) is 20.5 Å². The number of carbonyl (C=O) groups excluding carboxylic acids is 2. The average molecular weight is 328 g/mol. The lowest BCUT2D eigenvalue weighted by Crippen LogP contribution is -2.21. The van der Waals surface area contributed by atoms with Crippen LogP contribution in [0.2, 0.25) is 0 Å². The number of imide groups is 1. The molecular weight excluding hydrogens is 316 g/mol. The van der Waals surface area contributed by atoms with Crippen molar-refractivity contribution in [2.45, 2.75) is 0 Å². The number of benzene rings is 2. The molecule has 0 fully saturated rings. The van der Waals surface area contributed by atoms with Gasteiger partial charge in [-0.3, -0.25) is 20.0 Å². The molecule has 0 saturated heterocycles. The fourth-order valence-corrected chi connectivity index (χ4v) is 3.43. The van der Waals surface area contributed by atoms with Gasteiger partial charge in [0.2, 0.25) is 0 Å². The Morgan fingerprint density at radius 2 is 1.76 bits per heavy atom. The van der Waals surface area contributed by atoms with Crippen molar-refractivity contribution in [2.24, 2.45) is 0 Å². The molecule has 0 atom stereocenters. The molecule has 1 aliphatic rings. The highest BCUT2D eigenvalue weighted by atomic mass is 16.2. The van der Waals surface area contributed by atoms with Gasteiger partial charge in [-0.15, -0.1) is 0 Å². The predicted octanol–water partition coefficient (Wildman–Crippen LogP) is 2.75. The maximum atomic E-state index is 12.1. The van der Waals surface area contributed by atoms with E-state index in [1.54, 1.807) is 6.20 Å². The summed E-state index contributed by atoms with van der Waals surface area (Å²) in [6, 6.07) is 11.6. The van der Waals surface area contributed by atoms with Gasteiger partial charge in [-0.25, -0.2) is 0 Å². The summed E-state index contributed by atoms with van der Waals surface area (Å²) in [6.07, 6.45) is 5.05. The number of nitrogens with one attached hydrogen (secondary N) is 3. The van der Waals surface area contributed by atoms with E-state index in [4.69, 9.17) is 0 Å². The molecule has 25 heavy (non-hydrogen) atoms. The molecule has 2 amide bonds. The number of nitrogens with zero attached hydrogens (tertiary/aromatic N) is 1. The summed E-state index contributed by atoms with van der Waals surface area (Å²) >= 11 is 0. The molecule has 0 unspecified atom stereocenters. The Kier molecular flexibility index (Phi) is 2.70. The van der Waals surface area contributed by atoms with Crippen molar-refractivity contribution in [3.05, 3.63) is 60.4 Å². The summed E-state index contributed by atoms with van der Waals surface area (Å²) in [5, 5.41) is 11.4. The Balaban J connectivity index is 1.84. The number of aromatic nitrogens is 3. The molecule has 3 N–H and O–H groups in total. The van der Waals surface area contributed by atoms with E-state index in [1.807, 2.05) is 42.6 Å². The van der Waals surface area contributed by atoms with Gasteiger partial charge < -0.3 is 4.98 Å². The fourth-order valence-electron chi connectivity index (χ4n) is 3.43. The first kappa shape index (κ1) is 13.7. The number of fused-ring (bicyclic) bond motifs is 2. The van der Waals surface area contributed by atoms with Gasteiger partial charge in [-0.1, -0.05) is 30.3 Å². The minimum absolute atomic E-state index is 0.371. The van der Waals surface area contributed by atoms with Crippen molar-refractivity contribution in [3.8, 4) is 11.1 Å². The maximum Gasteiger partial charge on any atom is 0.258 e. The minimum atomic E-state index is -0.384. The number of amides is 2. The number of carbonyl (C=O) groups is 2. The summed E-state index contributed by atoms with van der Waals surface area (Å²) in [5.74, 6) is -0.755. The zero-order valence-electron chi connectivity index (χ0n) is 13.0. The third-order valence-corrected chi connectivity index (χ3v) is 4.52. The van der Waals surface area contributed by atoms with Crippen LogP contribution in [-0.4, -0.2) is 27.0 Å². The molecule has 2 aromatic heterocycles. The van der Waals surface area contributed by atoms with Crippen LogP contribution < -0.4 is 5.32 Å². The smallest absolute Gasteiger partial charge is 0.258 e. The lowest BCUT2D eigenvalue weighted by molar-refractivity contribution is -0.123. The number of aromatic amines is 2. The molecule has 2 aromatic carbocycles. The first-order valence-corrected chi connectivity index (χ1v) is 7.82. The summed E-state index contributed by atoms with van der Waals surface area (Å²) < 4.78 is 0. The highest BCUT2D eigenvalue weighted by Gasteiger charge is 2.25. The fraction of sp³-hybridized carbons (Fsp3) is 0. The van der Waals surface area contributed by atoms with Crippen LogP contribution >= 0.6 is 0 Å². The van der Waals surface area contributed by atoms with Gasteiger partial charge in [-0.2, -0.15) is 5.10 Å². The molecule has 4 aromatic rings. The summed E-state index contributed by atoms with van der Waals surface area (Å²) in [4.78, 5) is 27.0. The zero-order valence-corrected chi connectivity index (χ0v) is 13.0. The van der Waals surface area contributed by atoms with Crippen molar-refractivity contribution >= 4 is 39.2 Å². The van der Waals surface area contributed by atoms with E-state index < -0.39 is 0 Å². The van der Waals surface area contributed by atoms with E-state index in [0.717, 1.165) is 38.5 Å². The van der Waals surface area contributed by atoms with Gasteiger partial charge in [0.15, 0.2) is 0 Å². The van der Waals surface area contributed by atoms with E-state index in [9.17, 15) is 9.59 Å². The first-order valence-electron chi connectivity index (χ1n) is 7.82. The molecule has 0 aliphatic carbocycles. The molecular formula is C19H12N4O2. The average Bonchev–Trinajstić information content (AvgIpc) is 3.32. The molecule has 1 aliphatic heterocycles. The Morgan fingerprint density at radius 3 is 2.60 bits per heavy atom. The maximum absolute atomic E-state index is 12.1. The zero-order chi connectivity index (χ0) is 17.0. The number of hydrogen-bond acceptors (Lipinski definition) is 3. The molecule has 0 spiro atoms. The number of para-hydroxylation sites is 1. The van der Waals surface area contributed by atoms with E-state index >= 15 is 0 Å². The molecule has 0 saturated carbocycles. The normalized spacial score (nSPS) is 14.3. The summed E-state index contributed by atoms with van der Waals surface area (Å²) in [7, 11) is 0. The second-order valence-corrected chi connectivity index (χ2v) is 5.95. The van der Waals surface area contributed by atoms with Crippen molar-refractivity contribution in [3.63, 3.8) is 0 Å². The van der Waals surface area contributed by atoms with Crippen LogP contribution in [0.1, 0.15) is 5.56 Å². The predicted molar refractivity (Wildman–Crippen MR) is 94.5 cm³/mol. The van der Waals surface area contributed by atoms with Crippen LogP contribution in [0.15, 0.2) is 54.9 Å². The second-order valence-electron chi connectivity index (χ2n) is 5.95. The molecule has 3 heterocycles. The largest absolute Gasteiger partial charge is 0.361 e. The monoisotopic (exact) mass is 328 g/mol. The number of rotatable bonds is 2. The Hall–Kier alpha value is -3.67. The minimum Gasteiger partial charge on any atom is -0.361 e. The van der Waals surface area contributed by atoms with Gasteiger partial charge in [-0.05, 0) is 11.6 Å². The Morgan fingerprint density at radius 1 is 0.920 bits per heavy atom. The summed E-state index contributed by atoms with van der Waals surface area (Å²) in [6.45, 7) is 0. The van der Waals surface area contributed by atoms with Crippen LogP contribution in [-0.2, 0) is 9.59 Å². The van der Waals surface area contributed by atoms with Crippen molar-refractivity contribution in [2.75, 3.05) is 0 Å². The topological polar surface area (TPSA) is 90.6 Å². The number of hydrogen-bond donors (Lipinski definition) is 3. The van der Waals surface area contributed by atoms with E-state index in [-0.39, 0.29) is 11.8 Å². The third-order valence-electron chi connectivity index (χ3n) is 4.52. The standard InChI is InChI=1S/C19H12N4O2/c24-16-7-13(19(25)22-16)11-4-2-6-15-17(11)14(9-20-15)12-5-1-3-10-8-21-23-18(10)12/h1-9,20H,(H,21,23)(H,22,24,25). The first-order chi connectivity index (χ1) is 12.2. The van der Waals surface area contributed by atoms with Crippen LogP contribution in [0.3, 0.4) is 0 Å². The van der Waals surface area contributed by atoms with Gasteiger partial charge in [0.1, 0.15) is 0 Å². The van der Waals surface area contributed by atoms with Gasteiger partial charge in [0, 0.05) is 39.7 Å². The Bertz CT molecular complexity index is 1210. The van der Waals surface area contributed by atoms with Crippen LogP contribution in [0.4, 0.5) is 0 Å². The summed E-state index contributed by atoms with van der Waals surface area (Å²) in [5.41, 5.74) is 4.88. The molecule has 120 valence electrons. The molecule has 0 radical (unpaired) electrons. The van der Waals surface area contributed by atoms with Crippen LogP contribution in [0.5, 0.6) is 0 Å². The van der Waals surface area contributed by atoms with E-state index in [0.29, 0.717) is 5.57 Å². The highest BCUT2D eigenvalue weighted by Crippen LogP contribution is 2.37. The lowest BCUT2D eigenvalue weighted by atomic mass is 9.95. The van der Waals surface area contributed by atoms with Crippen molar-refractivity contribution < 1.29 is 9.59 Å². The highest BCUT2D eigenvalue weighted by molar-refractivity contribution is 6.35. The molecule has 0 bridgehead atoms. The van der Waals surface area contributed by atoms with Crippen LogP contribution in [0.25, 0.3) is 38.5 Å². The molecule has 6 nitrogen and oxygen atoms in total. The van der Waals surface area contributed by atoms with Crippen LogP contribution in [0, 0.1) is 0 Å². The van der Waals surface area contributed by atoms with Gasteiger partial charge in [0.05, 0.1) is 17.3 Å². The molecule has 6 heteroatoms. The quantitative estimate of drug-likeness (QED) is 0.494.